The first-order valence-corrected chi connectivity index (χ1v) is 9.39. The summed E-state index contributed by atoms with van der Waals surface area (Å²) in [6, 6.07) is 6.47. The molecule has 3 aromatic rings. The molecule has 0 spiro atoms. The number of hydrogen-bond acceptors (Lipinski definition) is 6. The van der Waals surface area contributed by atoms with E-state index >= 15 is 0 Å². The molecule has 0 amide bonds. The van der Waals surface area contributed by atoms with Crippen molar-refractivity contribution in [3.05, 3.63) is 62.2 Å². The summed E-state index contributed by atoms with van der Waals surface area (Å²) in [5.41, 5.74) is 1.74. The van der Waals surface area contributed by atoms with Gasteiger partial charge in [0, 0.05) is 5.02 Å². The molecule has 3 rings (SSSR count). The molecule has 7 nitrogen and oxygen atoms in total. The number of carbonyl (C=O) groups excluding carboxylic acids is 1. The zero-order valence-corrected chi connectivity index (χ0v) is 17.3. The maximum atomic E-state index is 13.5. The van der Waals surface area contributed by atoms with Crippen LogP contribution >= 0.6 is 11.6 Å². The van der Waals surface area contributed by atoms with Crippen LogP contribution in [0.4, 0.5) is 0 Å². The molecule has 1 heterocycles. The van der Waals surface area contributed by atoms with Crippen LogP contribution in [-0.2, 0) is 11.3 Å². The number of benzene rings is 2. The molecule has 0 aliphatic heterocycles. The van der Waals surface area contributed by atoms with Gasteiger partial charge in [-0.15, -0.1) is 0 Å². The lowest BCUT2D eigenvalue weighted by atomic mass is 9.98. The van der Waals surface area contributed by atoms with Crippen molar-refractivity contribution in [1.29, 1.82) is 0 Å². The maximum absolute atomic E-state index is 13.5. The van der Waals surface area contributed by atoms with Gasteiger partial charge in [0.1, 0.15) is 18.2 Å². The van der Waals surface area contributed by atoms with E-state index in [9.17, 15) is 14.7 Å². The minimum Gasteiger partial charge on any atom is -0.495 e. The Morgan fingerprint density at radius 3 is 2.62 bits per heavy atom. The van der Waals surface area contributed by atoms with E-state index in [1.54, 1.807) is 45.0 Å². The Bertz CT molecular complexity index is 1170. The fraction of sp³-hybridized carbons (Fsp3) is 0.286. The number of ether oxygens (including phenoxy) is 2. The lowest BCUT2D eigenvalue weighted by Crippen LogP contribution is -2.26. The lowest BCUT2D eigenvalue weighted by molar-refractivity contribution is 0.0525. The van der Waals surface area contributed by atoms with E-state index in [2.05, 4.69) is 4.98 Å². The van der Waals surface area contributed by atoms with Gasteiger partial charge < -0.3 is 14.6 Å². The molecule has 0 fully saturated rings. The van der Waals surface area contributed by atoms with Crippen LogP contribution in [-0.4, -0.2) is 34.3 Å². The zero-order valence-electron chi connectivity index (χ0n) is 16.6. The van der Waals surface area contributed by atoms with Crippen molar-refractivity contribution in [1.82, 2.24) is 9.55 Å². The van der Waals surface area contributed by atoms with E-state index in [-0.39, 0.29) is 17.8 Å². The minimum absolute atomic E-state index is 0.130. The van der Waals surface area contributed by atoms with Crippen LogP contribution in [0.25, 0.3) is 16.6 Å². The molecule has 152 valence electrons. The molecule has 0 aliphatic rings. The number of rotatable bonds is 5. The molecule has 0 saturated carbocycles. The summed E-state index contributed by atoms with van der Waals surface area (Å²) in [5, 5.41) is 10.5. The van der Waals surface area contributed by atoms with Gasteiger partial charge in [-0.2, -0.15) is 0 Å². The van der Waals surface area contributed by atoms with Gasteiger partial charge in [0.05, 0.1) is 35.9 Å². The fourth-order valence-electron chi connectivity index (χ4n) is 3.45. The van der Waals surface area contributed by atoms with E-state index < -0.39 is 18.1 Å². The third kappa shape index (κ3) is 3.59. The van der Waals surface area contributed by atoms with Crippen molar-refractivity contribution in [3.63, 3.8) is 0 Å². The third-order valence-corrected chi connectivity index (χ3v) is 4.92. The molecule has 1 aromatic heterocycles. The van der Waals surface area contributed by atoms with Crippen LogP contribution < -0.4 is 10.3 Å². The van der Waals surface area contributed by atoms with Crippen molar-refractivity contribution in [3.8, 4) is 11.4 Å². The van der Waals surface area contributed by atoms with Gasteiger partial charge in [-0.25, -0.2) is 9.78 Å². The van der Waals surface area contributed by atoms with E-state index in [0.717, 1.165) is 0 Å². The largest absolute Gasteiger partial charge is 0.495 e. The average Bonchev–Trinajstić information content (AvgIpc) is 2.67. The van der Waals surface area contributed by atoms with Gasteiger partial charge in [0.15, 0.2) is 0 Å². The molecule has 29 heavy (non-hydrogen) atoms. The second-order valence-electron chi connectivity index (χ2n) is 6.45. The van der Waals surface area contributed by atoms with E-state index in [0.29, 0.717) is 38.7 Å². The smallest absolute Gasteiger partial charge is 0.338 e. The standard InChI is InChI=1S/C21H21ClN2O5/c1-5-29-21(27)18-11(2)8-14-19(12(18)3)20(26)24(17(10-25)23-14)15-9-13(22)6-7-16(15)28-4/h6-9,25H,5,10H2,1-4H3. The van der Waals surface area contributed by atoms with Crippen LogP contribution in [0.15, 0.2) is 29.1 Å². The van der Waals surface area contributed by atoms with Gasteiger partial charge in [-0.3, -0.25) is 9.36 Å². The van der Waals surface area contributed by atoms with Crippen LogP contribution in [0, 0.1) is 13.8 Å². The monoisotopic (exact) mass is 416 g/mol. The van der Waals surface area contributed by atoms with E-state index in [4.69, 9.17) is 21.1 Å². The predicted molar refractivity (Wildman–Crippen MR) is 110 cm³/mol. The number of hydrogen-bond donors (Lipinski definition) is 1. The summed E-state index contributed by atoms with van der Waals surface area (Å²) in [6.45, 7) is 4.91. The highest BCUT2D eigenvalue weighted by molar-refractivity contribution is 6.30. The van der Waals surface area contributed by atoms with Gasteiger partial charge in [-0.05, 0) is 56.2 Å². The van der Waals surface area contributed by atoms with Gasteiger partial charge in [-0.1, -0.05) is 11.6 Å². The third-order valence-electron chi connectivity index (χ3n) is 4.68. The number of aromatic nitrogens is 2. The van der Waals surface area contributed by atoms with Crippen molar-refractivity contribution >= 4 is 28.5 Å². The lowest BCUT2D eigenvalue weighted by Gasteiger charge is -2.17. The Kier molecular flexibility index (Phi) is 5.91. The number of aliphatic hydroxyl groups is 1. The van der Waals surface area contributed by atoms with Crippen LogP contribution in [0.3, 0.4) is 0 Å². The quantitative estimate of drug-likeness (QED) is 0.641. The maximum Gasteiger partial charge on any atom is 0.338 e. The zero-order chi connectivity index (χ0) is 21.3. The highest BCUT2D eigenvalue weighted by Crippen LogP contribution is 2.28. The molecular formula is C21H21ClN2O5. The molecule has 8 heteroatoms. The Morgan fingerprint density at radius 2 is 2.00 bits per heavy atom. The Hall–Kier alpha value is -2.90. The molecule has 1 N–H and O–H groups in total. The van der Waals surface area contributed by atoms with Crippen molar-refractivity contribution in [2.45, 2.75) is 27.4 Å². The van der Waals surface area contributed by atoms with Crippen molar-refractivity contribution < 1.29 is 19.4 Å². The topological polar surface area (TPSA) is 90.7 Å². The number of aryl methyl sites for hydroxylation is 2. The average molecular weight is 417 g/mol. The number of methoxy groups -OCH3 is 1. The molecule has 0 unspecified atom stereocenters. The Labute approximate surface area is 172 Å². The molecule has 0 bridgehead atoms. The SMILES string of the molecule is CCOC(=O)c1c(C)cc2nc(CO)n(-c3cc(Cl)ccc3OC)c(=O)c2c1C. The number of nitrogens with zero attached hydrogens (tertiary/aromatic N) is 2. The van der Waals surface area contributed by atoms with Gasteiger partial charge in [0.25, 0.3) is 5.56 Å². The first-order chi connectivity index (χ1) is 13.8. The fourth-order valence-corrected chi connectivity index (χ4v) is 3.61. The summed E-state index contributed by atoms with van der Waals surface area (Å²) in [4.78, 5) is 30.4. The summed E-state index contributed by atoms with van der Waals surface area (Å²) in [5.74, 6) is 0.0235. The molecule has 0 radical (unpaired) electrons. The van der Waals surface area contributed by atoms with Crippen LogP contribution in [0.2, 0.25) is 5.02 Å². The summed E-state index contributed by atoms with van der Waals surface area (Å²) in [6.07, 6.45) is 0. The highest BCUT2D eigenvalue weighted by Gasteiger charge is 2.22. The number of aliphatic hydroxyl groups excluding tert-OH is 1. The van der Waals surface area contributed by atoms with E-state index in [1.165, 1.54) is 11.7 Å². The molecule has 0 atom stereocenters. The van der Waals surface area contributed by atoms with Crippen molar-refractivity contribution in [2.75, 3.05) is 13.7 Å². The van der Waals surface area contributed by atoms with Crippen LogP contribution in [0.5, 0.6) is 5.75 Å². The second kappa shape index (κ2) is 8.23. The molecule has 2 aromatic carbocycles. The van der Waals surface area contributed by atoms with E-state index in [1.807, 2.05) is 0 Å². The number of carbonyl (C=O) groups is 1. The summed E-state index contributed by atoms with van der Waals surface area (Å²) >= 11 is 6.13. The predicted octanol–water partition coefficient (Wildman–Crippen LogP) is 3.33. The summed E-state index contributed by atoms with van der Waals surface area (Å²) in [7, 11) is 1.47. The van der Waals surface area contributed by atoms with Gasteiger partial charge >= 0.3 is 5.97 Å². The normalized spacial score (nSPS) is 11.0. The Balaban J connectivity index is 2.44. The first-order valence-electron chi connectivity index (χ1n) is 9.01. The highest BCUT2D eigenvalue weighted by atomic mass is 35.5. The molecule has 0 aliphatic carbocycles. The molecular weight excluding hydrogens is 396 g/mol. The molecule has 0 saturated heterocycles. The summed E-state index contributed by atoms with van der Waals surface area (Å²) < 4.78 is 11.8. The number of fused-ring (bicyclic) bond motifs is 1. The van der Waals surface area contributed by atoms with Gasteiger partial charge in [0.2, 0.25) is 0 Å². The van der Waals surface area contributed by atoms with Crippen LogP contribution in [0.1, 0.15) is 34.2 Å². The van der Waals surface area contributed by atoms with Crippen molar-refractivity contribution in [2.24, 2.45) is 0 Å². The first kappa shape index (κ1) is 20.8. The Morgan fingerprint density at radius 1 is 1.28 bits per heavy atom. The minimum atomic E-state index is -0.498. The number of halogens is 1. The second-order valence-corrected chi connectivity index (χ2v) is 6.89. The number of esters is 1.